The summed E-state index contributed by atoms with van der Waals surface area (Å²) in [5.74, 6) is 0.965. The third-order valence-corrected chi connectivity index (χ3v) is 3.77. The van der Waals surface area contributed by atoms with Crippen LogP contribution in [-0.4, -0.2) is 0 Å². The van der Waals surface area contributed by atoms with Crippen LogP contribution >= 0.6 is 15.9 Å². The fourth-order valence-corrected chi connectivity index (χ4v) is 2.48. The molecule has 0 bridgehead atoms. The fourth-order valence-electron chi connectivity index (χ4n) is 2.23. The number of nitrogen functional groups attached to an aromatic ring is 1. The molecule has 0 aliphatic carbocycles. The third kappa shape index (κ3) is 3.29. The topological polar surface area (TPSA) is 35.2 Å². The van der Waals surface area contributed by atoms with Gasteiger partial charge in [-0.3, -0.25) is 0 Å². The predicted molar refractivity (Wildman–Crippen MR) is 83.5 cm³/mol. The average Bonchev–Trinajstić information content (AvgIpc) is 2.32. The van der Waals surface area contributed by atoms with Gasteiger partial charge in [-0.2, -0.15) is 0 Å². The molecule has 2 rings (SSSR count). The largest absolute Gasteiger partial charge is 0.488 e. The lowest BCUT2D eigenvalue weighted by atomic mass is 10.1. The number of benzene rings is 2. The normalized spacial score (nSPS) is 10.5. The van der Waals surface area contributed by atoms with E-state index >= 15 is 0 Å². The van der Waals surface area contributed by atoms with Gasteiger partial charge in [0.25, 0.3) is 0 Å². The molecular weight excluding hydrogens is 302 g/mol. The third-order valence-electron chi connectivity index (χ3n) is 3.05. The van der Waals surface area contributed by atoms with Gasteiger partial charge in [0, 0.05) is 10.2 Å². The summed E-state index contributed by atoms with van der Waals surface area (Å²) < 4.78 is 6.85. The smallest absolute Gasteiger partial charge is 0.125 e. The van der Waals surface area contributed by atoms with E-state index in [1.807, 2.05) is 18.2 Å². The Labute approximate surface area is 122 Å². The lowest BCUT2D eigenvalue weighted by Crippen LogP contribution is -2.00. The summed E-state index contributed by atoms with van der Waals surface area (Å²) in [5.41, 5.74) is 11.3. The zero-order chi connectivity index (χ0) is 14.0. The number of hydrogen-bond donors (Lipinski definition) is 1. The SMILES string of the molecule is Cc1cc(C)c(OCc2ccc(Br)c(N)c2)c(C)c1. The first kappa shape index (κ1) is 13.9. The molecule has 0 aromatic heterocycles. The zero-order valence-electron chi connectivity index (χ0n) is 11.5. The van der Waals surface area contributed by atoms with Gasteiger partial charge in [0.15, 0.2) is 0 Å². The molecule has 100 valence electrons. The van der Waals surface area contributed by atoms with E-state index < -0.39 is 0 Å². The Kier molecular flexibility index (Phi) is 4.15. The summed E-state index contributed by atoms with van der Waals surface area (Å²) in [5, 5.41) is 0. The van der Waals surface area contributed by atoms with Crippen molar-refractivity contribution in [1.29, 1.82) is 0 Å². The van der Waals surface area contributed by atoms with Crippen LogP contribution in [0.4, 0.5) is 5.69 Å². The predicted octanol–water partition coefficient (Wildman–Crippen LogP) is 4.54. The van der Waals surface area contributed by atoms with Crippen molar-refractivity contribution in [3.05, 3.63) is 57.1 Å². The van der Waals surface area contributed by atoms with Crippen molar-refractivity contribution >= 4 is 21.6 Å². The van der Waals surface area contributed by atoms with Crippen molar-refractivity contribution in [1.82, 2.24) is 0 Å². The van der Waals surface area contributed by atoms with E-state index in [4.69, 9.17) is 10.5 Å². The minimum absolute atomic E-state index is 0.530. The molecule has 0 spiro atoms. The maximum absolute atomic E-state index is 5.93. The van der Waals surface area contributed by atoms with Gasteiger partial charge in [0.05, 0.1) is 0 Å². The second kappa shape index (κ2) is 5.66. The van der Waals surface area contributed by atoms with Gasteiger partial charge >= 0.3 is 0 Å². The molecule has 0 amide bonds. The first-order valence-corrected chi connectivity index (χ1v) is 7.01. The standard InChI is InChI=1S/C16H18BrNO/c1-10-6-11(2)16(12(3)7-10)19-9-13-4-5-14(17)15(18)8-13/h4-8H,9,18H2,1-3H3. The molecule has 0 fully saturated rings. The van der Waals surface area contributed by atoms with Gasteiger partial charge in [-0.25, -0.2) is 0 Å². The molecule has 0 atom stereocenters. The highest BCUT2D eigenvalue weighted by Gasteiger charge is 2.06. The maximum Gasteiger partial charge on any atom is 0.125 e. The number of hydrogen-bond acceptors (Lipinski definition) is 2. The van der Waals surface area contributed by atoms with Crippen molar-refractivity contribution in [2.75, 3.05) is 5.73 Å². The molecule has 0 heterocycles. The lowest BCUT2D eigenvalue weighted by Gasteiger charge is -2.13. The molecule has 2 nitrogen and oxygen atoms in total. The molecule has 2 N–H and O–H groups in total. The summed E-state index contributed by atoms with van der Waals surface area (Å²) in [6.45, 7) is 6.78. The average molecular weight is 320 g/mol. The molecule has 19 heavy (non-hydrogen) atoms. The van der Waals surface area contributed by atoms with Crippen LogP contribution in [0.3, 0.4) is 0 Å². The first-order chi connectivity index (χ1) is 8.97. The summed E-state index contributed by atoms with van der Waals surface area (Å²) in [4.78, 5) is 0. The van der Waals surface area contributed by atoms with Gasteiger partial charge in [-0.1, -0.05) is 23.8 Å². The molecular formula is C16H18BrNO. The number of rotatable bonds is 3. The van der Waals surface area contributed by atoms with Crippen molar-refractivity contribution in [2.45, 2.75) is 27.4 Å². The van der Waals surface area contributed by atoms with Crippen LogP contribution in [0.2, 0.25) is 0 Å². The Morgan fingerprint density at radius 3 is 2.26 bits per heavy atom. The van der Waals surface area contributed by atoms with Crippen LogP contribution in [0.15, 0.2) is 34.8 Å². The highest BCUT2D eigenvalue weighted by molar-refractivity contribution is 9.10. The molecule has 0 unspecified atom stereocenters. The van der Waals surface area contributed by atoms with E-state index in [2.05, 4.69) is 48.8 Å². The Hall–Kier alpha value is -1.48. The van der Waals surface area contributed by atoms with Gasteiger partial charge in [-0.05, 0) is 65.5 Å². The number of halogens is 1. The second-order valence-corrected chi connectivity index (χ2v) is 5.73. The molecule has 2 aromatic carbocycles. The monoisotopic (exact) mass is 319 g/mol. The van der Waals surface area contributed by atoms with Crippen LogP contribution < -0.4 is 10.5 Å². The molecule has 0 aliphatic rings. The molecule has 0 saturated heterocycles. The van der Waals surface area contributed by atoms with E-state index in [0.29, 0.717) is 6.61 Å². The van der Waals surface area contributed by atoms with E-state index in [-0.39, 0.29) is 0 Å². The quantitative estimate of drug-likeness (QED) is 0.843. The van der Waals surface area contributed by atoms with E-state index in [0.717, 1.165) is 21.5 Å². The van der Waals surface area contributed by atoms with Crippen LogP contribution in [0, 0.1) is 20.8 Å². The Morgan fingerprint density at radius 2 is 1.68 bits per heavy atom. The van der Waals surface area contributed by atoms with Crippen LogP contribution in [0.25, 0.3) is 0 Å². The summed E-state index contributed by atoms with van der Waals surface area (Å²) >= 11 is 3.39. The van der Waals surface area contributed by atoms with Gasteiger partial charge in [0.1, 0.15) is 12.4 Å². The molecule has 0 aliphatic heterocycles. The molecule has 0 saturated carbocycles. The summed E-state index contributed by atoms with van der Waals surface area (Å²) in [6.07, 6.45) is 0. The first-order valence-electron chi connectivity index (χ1n) is 6.22. The van der Waals surface area contributed by atoms with E-state index in [1.54, 1.807) is 0 Å². The highest BCUT2D eigenvalue weighted by atomic mass is 79.9. The van der Waals surface area contributed by atoms with Gasteiger partial charge in [-0.15, -0.1) is 0 Å². The fraction of sp³-hybridized carbons (Fsp3) is 0.250. The highest BCUT2D eigenvalue weighted by Crippen LogP contribution is 2.26. The van der Waals surface area contributed by atoms with Crippen molar-refractivity contribution in [3.8, 4) is 5.75 Å². The Balaban J connectivity index is 2.16. The number of nitrogens with two attached hydrogens (primary N) is 1. The lowest BCUT2D eigenvalue weighted by molar-refractivity contribution is 0.302. The Bertz CT molecular complexity index is 585. The van der Waals surface area contributed by atoms with E-state index in [1.165, 1.54) is 16.7 Å². The summed E-state index contributed by atoms with van der Waals surface area (Å²) in [7, 11) is 0. The minimum atomic E-state index is 0.530. The Morgan fingerprint density at radius 1 is 1.05 bits per heavy atom. The van der Waals surface area contributed by atoms with Crippen LogP contribution in [0.5, 0.6) is 5.75 Å². The number of aryl methyl sites for hydroxylation is 3. The maximum atomic E-state index is 5.93. The number of ether oxygens (including phenoxy) is 1. The van der Waals surface area contributed by atoms with Gasteiger partial charge < -0.3 is 10.5 Å². The van der Waals surface area contributed by atoms with Crippen LogP contribution in [0.1, 0.15) is 22.3 Å². The molecule has 0 radical (unpaired) electrons. The molecule has 2 aromatic rings. The van der Waals surface area contributed by atoms with Crippen molar-refractivity contribution in [2.24, 2.45) is 0 Å². The zero-order valence-corrected chi connectivity index (χ0v) is 13.0. The van der Waals surface area contributed by atoms with Crippen molar-refractivity contribution in [3.63, 3.8) is 0 Å². The van der Waals surface area contributed by atoms with Crippen molar-refractivity contribution < 1.29 is 4.74 Å². The number of anilines is 1. The van der Waals surface area contributed by atoms with E-state index in [9.17, 15) is 0 Å². The minimum Gasteiger partial charge on any atom is -0.488 e. The molecule has 3 heteroatoms. The summed E-state index contributed by atoms with van der Waals surface area (Å²) in [6, 6.07) is 10.2. The second-order valence-electron chi connectivity index (χ2n) is 4.87. The van der Waals surface area contributed by atoms with Crippen LogP contribution in [-0.2, 0) is 6.61 Å². The van der Waals surface area contributed by atoms with Gasteiger partial charge in [0.2, 0.25) is 0 Å².